The first-order chi connectivity index (χ1) is 10.7. The number of hydrogen-bond donors (Lipinski definition) is 0. The third-order valence-corrected chi connectivity index (χ3v) is 4.17. The second-order valence-corrected chi connectivity index (χ2v) is 5.95. The zero-order valence-corrected chi connectivity index (χ0v) is 13.1. The van der Waals surface area contributed by atoms with Crippen molar-refractivity contribution in [3.63, 3.8) is 0 Å². The first kappa shape index (κ1) is 15.9. The molecular formula is C15H13ClF3N3O. The van der Waals surface area contributed by atoms with Crippen LogP contribution in [0.1, 0.15) is 34.6 Å². The largest absolute Gasteiger partial charge is 0.417 e. The van der Waals surface area contributed by atoms with Crippen molar-refractivity contribution in [1.29, 1.82) is 0 Å². The van der Waals surface area contributed by atoms with Crippen molar-refractivity contribution in [3.8, 4) is 0 Å². The molecule has 1 aliphatic rings. The van der Waals surface area contributed by atoms with Gasteiger partial charge in [-0.2, -0.15) is 18.3 Å². The maximum absolute atomic E-state index is 12.8. The van der Waals surface area contributed by atoms with E-state index in [1.165, 1.54) is 17.0 Å². The molecule has 0 N–H and O–H groups in total. The SMILES string of the molecule is Cc1cnn2c1C(=O)N(c1ccc(C(F)(F)F)c(Cl)c1)C[C@@H]2C. The van der Waals surface area contributed by atoms with Crippen LogP contribution in [-0.2, 0) is 6.18 Å². The van der Waals surface area contributed by atoms with Gasteiger partial charge in [0.2, 0.25) is 0 Å². The number of rotatable bonds is 1. The number of anilines is 1. The number of aromatic nitrogens is 2. The number of fused-ring (bicyclic) bond motifs is 1. The number of amides is 1. The molecule has 3 rings (SSSR count). The molecule has 122 valence electrons. The zero-order chi connectivity index (χ0) is 16.9. The van der Waals surface area contributed by atoms with E-state index in [-0.39, 0.29) is 11.9 Å². The summed E-state index contributed by atoms with van der Waals surface area (Å²) in [6, 6.07) is 3.25. The average Bonchev–Trinajstić information content (AvgIpc) is 2.84. The quantitative estimate of drug-likeness (QED) is 0.782. The van der Waals surface area contributed by atoms with E-state index in [0.717, 1.165) is 11.6 Å². The number of benzene rings is 1. The monoisotopic (exact) mass is 343 g/mol. The molecule has 1 aromatic carbocycles. The van der Waals surface area contributed by atoms with E-state index in [4.69, 9.17) is 11.6 Å². The van der Waals surface area contributed by atoms with Crippen molar-refractivity contribution in [2.24, 2.45) is 0 Å². The molecule has 0 spiro atoms. The van der Waals surface area contributed by atoms with Crippen LogP contribution in [0.25, 0.3) is 0 Å². The van der Waals surface area contributed by atoms with Gasteiger partial charge in [-0.1, -0.05) is 11.6 Å². The highest BCUT2D eigenvalue weighted by Crippen LogP contribution is 2.37. The van der Waals surface area contributed by atoms with Gasteiger partial charge < -0.3 is 4.90 Å². The van der Waals surface area contributed by atoms with Crippen LogP contribution in [0.15, 0.2) is 24.4 Å². The lowest BCUT2D eigenvalue weighted by Crippen LogP contribution is -2.43. The number of nitrogens with zero attached hydrogens (tertiary/aromatic N) is 3. The minimum Gasteiger partial charge on any atom is -0.305 e. The van der Waals surface area contributed by atoms with Crippen molar-refractivity contribution in [2.75, 3.05) is 11.4 Å². The predicted octanol–water partition coefficient (Wildman–Crippen LogP) is 4.09. The molecule has 0 saturated carbocycles. The Balaban J connectivity index is 2.02. The van der Waals surface area contributed by atoms with Gasteiger partial charge in [-0.3, -0.25) is 9.48 Å². The maximum atomic E-state index is 12.8. The second-order valence-electron chi connectivity index (χ2n) is 5.55. The van der Waals surface area contributed by atoms with E-state index in [1.807, 2.05) is 6.92 Å². The topological polar surface area (TPSA) is 38.1 Å². The van der Waals surface area contributed by atoms with Crippen LogP contribution >= 0.6 is 11.6 Å². The Morgan fingerprint density at radius 2 is 2.04 bits per heavy atom. The molecule has 1 amide bonds. The summed E-state index contributed by atoms with van der Waals surface area (Å²) in [6.45, 7) is 3.97. The highest BCUT2D eigenvalue weighted by Gasteiger charge is 2.35. The lowest BCUT2D eigenvalue weighted by atomic mass is 10.1. The van der Waals surface area contributed by atoms with E-state index in [0.29, 0.717) is 17.9 Å². The third kappa shape index (κ3) is 2.59. The normalized spacial score (nSPS) is 18.3. The van der Waals surface area contributed by atoms with Crippen LogP contribution in [0.4, 0.5) is 18.9 Å². The molecule has 4 nitrogen and oxygen atoms in total. The van der Waals surface area contributed by atoms with E-state index < -0.39 is 16.8 Å². The highest BCUT2D eigenvalue weighted by molar-refractivity contribution is 6.31. The standard InChI is InChI=1S/C15H13ClF3N3O/c1-8-6-20-22-9(2)7-21(14(23)13(8)22)10-3-4-11(12(16)5-10)15(17,18)19/h3-6,9H,7H2,1-2H3/t9-/m0/s1. The fourth-order valence-electron chi connectivity index (χ4n) is 2.73. The molecule has 0 bridgehead atoms. The van der Waals surface area contributed by atoms with E-state index >= 15 is 0 Å². The van der Waals surface area contributed by atoms with Crippen molar-refractivity contribution >= 4 is 23.2 Å². The lowest BCUT2D eigenvalue weighted by Gasteiger charge is -2.32. The van der Waals surface area contributed by atoms with Gasteiger partial charge in [0.25, 0.3) is 5.91 Å². The molecule has 23 heavy (non-hydrogen) atoms. The van der Waals surface area contributed by atoms with Gasteiger partial charge in [0.1, 0.15) is 5.69 Å². The third-order valence-electron chi connectivity index (χ3n) is 3.86. The Kier molecular flexibility index (Phi) is 3.63. The predicted molar refractivity (Wildman–Crippen MR) is 79.8 cm³/mol. The molecule has 1 atom stereocenters. The Labute approximate surface area is 135 Å². The second kappa shape index (κ2) is 5.26. The summed E-state index contributed by atoms with van der Waals surface area (Å²) in [5, 5.41) is 3.75. The summed E-state index contributed by atoms with van der Waals surface area (Å²) >= 11 is 5.75. The molecule has 0 fully saturated rings. The number of aryl methyl sites for hydroxylation is 1. The van der Waals surface area contributed by atoms with E-state index in [2.05, 4.69) is 5.10 Å². The summed E-state index contributed by atoms with van der Waals surface area (Å²) in [7, 11) is 0. The summed E-state index contributed by atoms with van der Waals surface area (Å²) < 4.78 is 40.0. The van der Waals surface area contributed by atoms with Gasteiger partial charge in [0, 0.05) is 17.8 Å². The summed E-state index contributed by atoms with van der Waals surface area (Å²) in [5.74, 6) is -0.297. The van der Waals surface area contributed by atoms with Gasteiger partial charge in [-0.25, -0.2) is 0 Å². The molecular weight excluding hydrogens is 331 g/mol. The number of carbonyl (C=O) groups is 1. The van der Waals surface area contributed by atoms with Crippen molar-refractivity contribution in [3.05, 3.63) is 46.2 Å². The molecule has 2 aromatic rings. The zero-order valence-electron chi connectivity index (χ0n) is 12.4. The number of alkyl halides is 3. The Morgan fingerprint density at radius 3 is 2.65 bits per heavy atom. The fourth-order valence-corrected chi connectivity index (χ4v) is 3.01. The molecule has 8 heteroatoms. The van der Waals surface area contributed by atoms with Crippen LogP contribution in [0.3, 0.4) is 0 Å². The molecule has 1 aromatic heterocycles. The highest BCUT2D eigenvalue weighted by atomic mass is 35.5. The summed E-state index contributed by atoms with van der Waals surface area (Å²) in [6.07, 6.45) is -2.92. The van der Waals surface area contributed by atoms with Gasteiger partial charge in [0.15, 0.2) is 0 Å². The minimum absolute atomic E-state index is 0.0857. The number of halogens is 4. The Bertz CT molecular complexity index is 785. The smallest absolute Gasteiger partial charge is 0.305 e. The summed E-state index contributed by atoms with van der Waals surface area (Å²) in [4.78, 5) is 14.1. The number of carbonyl (C=O) groups excluding carboxylic acids is 1. The van der Waals surface area contributed by atoms with Crippen LogP contribution in [0.5, 0.6) is 0 Å². The van der Waals surface area contributed by atoms with Crippen molar-refractivity contribution < 1.29 is 18.0 Å². The van der Waals surface area contributed by atoms with Crippen molar-refractivity contribution in [2.45, 2.75) is 26.1 Å². The van der Waals surface area contributed by atoms with Gasteiger partial charge in [-0.15, -0.1) is 0 Å². The van der Waals surface area contributed by atoms with E-state index in [1.54, 1.807) is 17.8 Å². The van der Waals surface area contributed by atoms with E-state index in [9.17, 15) is 18.0 Å². The van der Waals surface area contributed by atoms with Crippen LogP contribution < -0.4 is 4.90 Å². The number of hydrogen-bond acceptors (Lipinski definition) is 2. The fraction of sp³-hybridized carbons (Fsp3) is 0.333. The molecule has 2 heterocycles. The molecule has 0 radical (unpaired) electrons. The Morgan fingerprint density at radius 1 is 1.35 bits per heavy atom. The van der Waals surface area contributed by atoms with Crippen LogP contribution in [0.2, 0.25) is 5.02 Å². The van der Waals surface area contributed by atoms with Gasteiger partial charge in [-0.05, 0) is 32.0 Å². The molecule has 0 aliphatic carbocycles. The maximum Gasteiger partial charge on any atom is 0.417 e. The van der Waals surface area contributed by atoms with Crippen LogP contribution in [0, 0.1) is 6.92 Å². The minimum atomic E-state index is -4.52. The molecule has 0 unspecified atom stereocenters. The Hall–Kier alpha value is -2.02. The average molecular weight is 344 g/mol. The first-order valence-electron chi connectivity index (χ1n) is 6.93. The lowest BCUT2D eigenvalue weighted by molar-refractivity contribution is -0.137. The first-order valence-corrected chi connectivity index (χ1v) is 7.30. The van der Waals surface area contributed by atoms with Crippen LogP contribution in [-0.4, -0.2) is 22.2 Å². The van der Waals surface area contributed by atoms with Gasteiger partial charge in [0.05, 0.1) is 22.8 Å². The summed E-state index contributed by atoms with van der Waals surface area (Å²) in [5.41, 5.74) is 0.595. The van der Waals surface area contributed by atoms with Crippen molar-refractivity contribution in [1.82, 2.24) is 9.78 Å². The van der Waals surface area contributed by atoms with Gasteiger partial charge >= 0.3 is 6.18 Å². The molecule has 0 saturated heterocycles. The molecule has 1 aliphatic heterocycles.